The number of nitrogens with one attached hydrogen (secondary N) is 2. The van der Waals surface area contributed by atoms with E-state index in [1.165, 1.54) is 21.8 Å². The summed E-state index contributed by atoms with van der Waals surface area (Å²) in [5, 5.41) is 9.43. The fourth-order valence-corrected chi connectivity index (χ4v) is 6.44. The number of thiophene rings is 2. The zero-order chi connectivity index (χ0) is 22.5. The van der Waals surface area contributed by atoms with Crippen LogP contribution in [-0.4, -0.2) is 11.9 Å². The van der Waals surface area contributed by atoms with Crippen LogP contribution in [0.3, 0.4) is 0 Å². The first-order valence-corrected chi connectivity index (χ1v) is 12.6. The van der Waals surface area contributed by atoms with Crippen LogP contribution in [0.25, 0.3) is 0 Å². The van der Waals surface area contributed by atoms with E-state index in [1.807, 2.05) is 23.6 Å². The summed E-state index contributed by atoms with van der Waals surface area (Å²) in [6.07, 6.45) is 2.82. The van der Waals surface area contributed by atoms with Crippen LogP contribution in [0.1, 0.15) is 69.4 Å². The summed E-state index contributed by atoms with van der Waals surface area (Å²) in [6, 6.07) is 10.8. The zero-order valence-corrected chi connectivity index (χ0v) is 20.0. The molecule has 3 aromatic rings. The summed E-state index contributed by atoms with van der Waals surface area (Å²) >= 11 is 3.08. The number of hydrogen-bond acceptors (Lipinski definition) is 6. The molecule has 0 spiro atoms. The molecule has 2 atom stereocenters. The number of benzene rings is 1. The average molecular weight is 467 g/mol. The first-order chi connectivity index (χ1) is 15.3. The van der Waals surface area contributed by atoms with Crippen molar-refractivity contribution in [3.63, 3.8) is 0 Å². The van der Waals surface area contributed by atoms with Crippen molar-refractivity contribution in [2.45, 2.75) is 46.2 Å². The summed E-state index contributed by atoms with van der Waals surface area (Å²) in [5.41, 5.74) is 3.24. The van der Waals surface area contributed by atoms with E-state index in [2.05, 4.69) is 31.4 Å². The van der Waals surface area contributed by atoms with Crippen LogP contribution in [0.5, 0.6) is 5.75 Å². The van der Waals surface area contributed by atoms with Gasteiger partial charge in [0.25, 0.3) is 5.91 Å². The number of amides is 1. The van der Waals surface area contributed by atoms with Crippen molar-refractivity contribution in [3.8, 4) is 5.75 Å². The van der Waals surface area contributed by atoms with E-state index < -0.39 is 0 Å². The van der Waals surface area contributed by atoms with Crippen LogP contribution < -0.4 is 15.4 Å². The lowest BCUT2D eigenvalue weighted by Gasteiger charge is -2.34. The molecule has 1 amide bonds. The summed E-state index contributed by atoms with van der Waals surface area (Å²) in [7, 11) is 0. The molecule has 5 rings (SSSR count). The smallest absolute Gasteiger partial charge is 0.353 e. The van der Waals surface area contributed by atoms with Crippen LogP contribution in [-0.2, 0) is 12.8 Å². The number of carbonyl (C=O) groups excluding carboxylic acids is 2. The van der Waals surface area contributed by atoms with E-state index in [1.54, 1.807) is 29.5 Å². The molecule has 2 aromatic heterocycles. The van der Waals surface area contributed by atoms with Gasteiger partial charge in [0.05, 0.1) is 5.56 Å². The first-order valence-electron chi connectivity index (χ1n) is 10.9. The Bertz CT molecular complexity index is 1160. The summed E-state index contributed by atoms with van der Waals surface area (Å²) in [6.45, 7) is 6.91. The van der Waals surface area contributed by atoms with E-state index >= 15 is 0 Å². The third kappa shape index (κ3) is 3.95. The normalized spacial score (nSPS) is 20.0. The molecule has 2 aliphatic rings. The molecule has 0 fully saturated rings. The Balaban J connectivity index is 1.32. The maximum atomic E-state index is 13.0. The number of ether oxygens (including phenoxy) is 1. The van der Waals surface area contributed by atoms with E-state index in [0.717, 1.165) is 35.4 Å². The second-order valence-electron chi connectivity index (χ2n) is 9.50. The minimum Gasteiger partial charge on any atom is -0.422 e. The highest BCUT2D eigenvalue weighted by Gasteiger charge is 2.36. The summed E-state index contributed by atoms with van der Waals surface area (Å²) in [5.74, 6) is 0.746. The zero-order valence-electron chi connectivity index (χ0n) is 18.4. The molecule has 1 aliphatic carbocycles. The van der Waals surface area contributed by atoms with E-state index in [4.69, 9.17) is 4.74 Å². The van der Waals surface area contributed by atoms with Gasteiger partial charge < -0.3 is 15.4 Å². The Morgan fingerprint density at radius 1 is 1.12 bits per heavy atom. The fourth-order valence-electron chi connectivity index (χ4n) is 4.48. The quantitative estimate of drug-likeness (QED) is 0.365. The second-order valence-corrected chi connectivity index (χ2v) is 11.6. The molecule has 0 unspecified atom stereocenters. The molecule has 2 N–H and O–H groups in total. The fraction of sp³-hybridized carbons (Fsp3) is 0.360. The van der Waals surface area contributed by atoms with E-state index in [0.29, 0.717) is 16.5 Å². The van der Waals surface area contributed by atoms with Crippen molar-refractivity contribution in [2.75, 3.05) is 5.32 Å². The molecule has 166 valence electrons. The van der Waals surface area contributed by atoms with Crippen LogP contribution >= 0.6 is 22.7 Å². The number of anilines is 1. The van der Waals surface area contributed by atoms with Crippen molar-refractivity contribution in [3.05, 3.63) is 68.2 Å². The van der Waals surface area contributed by atoms with Gasteiger partial charge in [-0.15, -0.1) is 22.7 Å². The van der Waals surface area contributed by atoms with Crippen LogP contribution in [0.2, 0.25) is 0 Å². The lowest BCUT2D eigenvalue weighted by Crippen LogP contribution is -2.38. The molecule has 0 radical (unpaired) electrons. The Hall–Kier alpha value is -2.64. The molecule has 0 bridgehead atoms. The van der Waals surface area contributed by atoms with Gasteiger partial charge in [0, 0.05) is 4.88 Å². The van der Waals surface area contributed by atoms with Crippen LogP contribution in [0.4, 0.5) is 5.00 Å². The topological polar surface area (TPSA) is 67.4 Å². The van der Waals surface area contributed by atoms with Gasteiger partial charge in [-0.2, -0.15) is 0 Å². The molecular formula is C25H26N2O3S2. The SMILES string of the molecule is CC(C)(C)[C@H]1CCc2c(sc3c2C(=O)N[C@@H](c2ccc(OC(=O)c4cccs4)cc2)N3)C1. The predicted octanol–water partition coefficient (Wildman–Crippen LogP) is 6.03. The van der Waals surface area contributed by atoms with E-state index in [-0.39, 0.29) is 23.5 Å². The molecule has 1 aromatic carbocycles. The lowest BCUT2D eigenvalue weighted by atomic mass is 9.72. The number of hydrogen-bond donors (Lipinski definition) is 2. The summed E-state index contributed by atoms with van der Waals surface area (Å²) in [4.78, 5) is 27.1. The third-order valence-electron chi connectivity index (χ3n) is 6.41. The van der Waals surface area contributed by atoms with Crippen molar-refractivity contribution < 1.29 is 14.3 Å². The Morgan fingerprint density at radius 2 is 1.91 bits per heavy atom. The molecule has 7 heteroatoms. The van der Waals surface area contributed by atoms with E-state index in [9.17, 15) is 9.59 Å². The highest BCUT2D eigenvalue weighted by atomic mass is 32.1. The molecule has 32 heavy (non-hydrogen) atoms. The Kier molecular flexibility index (Phi) is 5.34. The van der Waals surface area contributed by atoms with Crippen molar-refractivity contribution in [1.82, 2.24) is 5.32 Å². The Labute approximate surface area is 195 Å². The first kappa shape index (κ1) is 21.2. The second kappa shape index (κ2) is 8.05. The van der Waals surface area contributed by atoms with Crippen molar-refractivity contribution in [1.29, 1.82) is 0 Å². The van der Waals surface area contributed by atoms with Crippen LogP contribution in [0, 0.1) is 11.3 Å². The minimum absolute atomic E-state index is 0.0105. The monoisotopic (exact) mass is 466 g/mol. The van der Waals surface area contributed by atoms with Crippen molar-refractivity contribution >= 4 is 39.6 Å². The number of esters is 1. The predicted molar refractivity (Wildman–Crippen MR) is 129 cm³/mol. The van der Waals surface area contributed by atoms with Gasteiger partial charge in [-0.1, -0.05) is 39.0 Å². The minimum atomic E-state index is -0.362. The number of carbonyl (C=O) groups is 2. The maximum Gasteiger partial charge on any atom is 0.353 e. The maximum absolute atomic E-state index is 13.0. The van der Waals surface area contributed by atoms with Gasteiger partial charge >= 0.3 is 5.97 Å². The lowest BCUT2D eigenvalue weighted by molar-refractivity contribution is 0.0739. The molecule has 0 saturated carbocycles. The largest absolute Gasteiger partial charge is 0.422 e. The highest BCUT2D eigenvalue weighted by Crippen LogP contribution is 2.46. The molecule has 3 heterocycles. The van der Waals surface area contributed by atoms with Gasteiger partial charge in [0.1, 0.15) is 21.8 Å². The van der Waals surface area contributed by atoms with Gasteiger partial charge in [0.15, 0.2) is 0 Å². The molecule has 5 nitrogen and oxygen atoms in total. The molecule has 0 saturated heterocycles. The van der Waals surface area contributed by atoms with Gasteiger partial charge in [-0.3, -0.25) is 4.79 Å². The van der Waals surface area contributed by atoms with Crippen molar-refractivity contribution in [2.24, 2.45) is 11.3 Å². The standard InChI is InChI=1S/C25H26N2O3S2/c1-25(2,3)15-8-11-17-19(13-15)32-23-20(17)22(28)26-21(27-23)14-6-9-16(10-7-14)30-24(29)18-5-4-12-31-18/h4-7,9-10,12,15,21,27H,8,11,13H2,1-3H3,(H,26,28)/t15-,21+/m0/s1. The van der Waals surface area contributed by atoms with Gasteiger partial charge in [0.2, 0.25) is 0 Å². The highest BCUT2D eigenvalue weighted by molar-refractivity contribution is 7.16. The number of rotatable bonds is 3. The average Bonchev–Trinajstić information content (AvgIpc) is 3.41. The summed E-state index contributed by atoms with van der Waals surface area (Å²) < 4.78 is 5.44. The van der Waals surface area contributed by atoms with Gasteiger partial charge in [-0.05, 0) is 65.3 Å². The third-order valence-corrected chi connectivity index (χ3v) is 8.45. The molecule has 1 aliphatic heterocycles. The molecular weight excluding hydrogens is 440 g/mol. The Morgan fingerprint density at radius 3 is 2.59 bits per heavy atom. The van der Waals surface area contributed by atoms with Gasteiger partial charge in [-0.25, -0.2) is 4.79 Å². The number of fused-ring (bicyclic) bond motifs is 3. The van der Waals surface area contributed by atoms with Crippen LogP contribution in [0.15, 0.2) is 41.8 Å².